The van der Waals surface area contributed by atoms with Crippen LogP contribution >= 0.6 is 0 Å². The van der Waals surface area contributed by atoms with Gasteiger partial charge in [0.1, 0.15) is 5.82 Å². The summed E-state index contributed by atoms with van der Waals surface area (Å²) in [7, 11) is 0. The Bertz CT molecular complexity index is 1530. The number of halogens is 1. The first-order valence-corrected chi connectivity index (χ1v) is 11.8. The lowest BCUT2D eigenvalue weighted by Crippen LogP contribution is -2.49. The van der Waals surface area contributed by atoms with Crippen molar-refractivity contribution in [2.24, 2.45) is 0 Å². The molecule has 2 aliphatic rings. The Hall–Kier alpha value is -4.46. The number of imide groups is 1. The molecule has 1 atom stereocenters. The molecule has 7 nitrogen and oxygen atoms in total. The van der Waals surface area contributed by atoms with Gasteiger partial charge in [-0.3, -0.25) is 9.59 Å². The van der Waals surface area contributed by atoms with Gasteiger partial charge in [0.15, 0.2) is 5.54 Å². The molecule has 4 aromatic rings. The van der Waals surface area contributed by atoms with Gasteiger partial charge in [0, 0.05) is 29.6 Å². The Morgan fingerprint density at radius 2 is 1.75 bits per heavy atom. The third-order valence-electron chi connectivity index (χ3n) is 7.22. The summed E-state index contributed by atoms with van der Waals surface area (Å²) in [5, 5.41) is 3.86. The summed E-state index contributed by atoms with van der Waals surface area (Å²) in [6.07, 6.45) is 0.662. The number of nitrogens with one attached hydrogen (secondary N) is 2. The highest BCUT2D eigenvalue weighted by Gasteiger charge is 2.59. The van der Waals surface area contributed by atoms with E-state index in [1.807, 2.05) is 24.3 Å². The zero-order valence-corrected chi connectivity index (χ0v) is 19.5. The van der Waals surface area contributed by atoms with Crippen molar-refractivity contribution in [3.63, 3.8) is 0 Å². The number of carbonyl (C=O) groups is 3. The van der Waals surface area contributed by atoms with Crippen LogP contribution in [0.25, 0.3) is 10.9 Å². The molecule has 1 fully saturated rings. The number of aromatic amines is 1. The van der Waals surface area contributed by atoms with Crippen LogP contribution in [-0.4, -0.2) is 34.3 Å². The van der Waals surface area contributed by atoms with Crippen molar-refractivity contribution in [1.82, 2.24) is 15.2 Å². The van der Waals surface area contributed by atoms with E-state index in [9.17, 15) is 18.8 Å². The fraction of sp³-hybridized carbons (Fsp3) is 0.179. The Kier molecular flexibility index (Phi) is 4.93. The second-order valence-corrected chi connectivity index (χ2v) is 9.28. The average Bonchev–Trinajstić information content (AvgIpc) is 3.37. The number of urea groups is 1. The van der Waals surface area contributed by atoms with E-state index >= 15 is 0 Å². The highest BCUT2D eigenvalue weighted by atomic mass is 19.1. The predicted molar refractivity (Wildman–Crippen MR) is 133 cm³/mol. The molecule has 2 N–H and O–H groups in total. The van der Waals surface area contributed by atoms with Gasteiger partial charge in [0.05, 0.1) is 11.4 Å². The minimum Gasteiger partial charge on any atom is -0.356 e. The summed E-state index contributed by atoms with van der Waals surface area (Å²) < 4.78 is 13.1. The number of amides is 4. The molecule has 0 radical (unpaired) electrons. The first-order valence-electron chi connectivity index (χ1n) is 11.8. The minimum absolute atomic E-state index is 0.254. The first kappa shape index (κ1) is 22.0. The Balaban J connectivity index is 1.25. The lowest BCUT2D eigenvalue weighted by Gasteiger charge is -2.35. The Labute approximate surface area is 206 Å². The molecule has 1 aromatic heterocycles. The van der Waals surface area contributed by atoms with Gasteiger partial charge in [0.25, 0.3) is 11.8 Å². The van der Waals surface area contributed by atoms with E-state index in [2.05, 4.69) is 10.3 Å². The number of fused-ring (bicyclic) bond motifs is 5. The number of benzene rings is 3. The predicted octanol–water partition coefficient (Wildman–Crippen LogP) is 4.48. The summed E-state index contributed by atoms with van der Waals surface area (Å²) in [5.74, 6) is -0.969. The highest BCUT2D eigenvalue weighted by Crippen LogP contribution is 2.45. The molecule has 8 heteroatoms. The number of aromatic nitrogens is 1. The van der Waals surface area contributed by atoms with Crippen molar-refractivity contribution in [2.45, 2.75) is 25.4 Å². The maximum absolute atomic E-state index is 13.8. The summed E-state index contributed by atoms with van der Waals surface area (Å²) in [4.78, 5) is 45.9. The van der Waals surface area contributed by atoms with Crippen molar-refractivity contribution in [1.29, 1.82) is 0 Å². The van der Waals surface area contributed by atoms with Gasteiger partial charge in [0.2, 0.25) is 0 Å². The minimum atomic E-state index is -1.13. The van der Waals surface area contributed by atoms with Crippen LogP contribution in [0.4, 0.5) is 14.9 Å². The molecular weight excluding hydrogens is 459 g/mol. The van der Waals surface area contributed by atoms with E-state index < -0.39 is 5.54 Å². The molecule has 0 saturated carbocycles. The first-order chi connectivity index (χ1) is 17.4. The molecule has 1 unspecified atom stereocenters. The number of carbonyl (C=O) groups excluding carboxylic acids is 3. The third-order valence-corrected chi connectivity index (χ3v) is 7.22. The number of anilines is 1. The van der Waals surface area contributed by atoms with E-state index in [4.69, 9.17) is 0 Å². The van der Waals surface area contributed by atoms with Crippen LogP contribution in [0.3, 0.4) is 0 Å². The smallest absolute Gasteiger partial charge is 0.332 e. The third kappa shape index (κ3) is 3.21. The molecule has 180 valence electrons. The molecule has 1 saturated heterocycles. The van der Waals surface area contributed by atoms with Crippen LogP contribution in [0.1, 0.15) is 34.1 Å². The van der Waals surface area contributed by atoms with E-state index in [0.717, 1.165) is 27.7 Å². The van der Waals surface area contributed by atoms with E-state index in [-0.39, 0.29) is 30.2 Å². The van der Waals surface area contributed by atoms with Gasteiger partial charge in [-0.15, -0.1) is 0 Å². The molecule has 36 heavy (non-hydrogen) atoms. The van der Waals surface area contributed by atoms with Crippen molar-refractivity contribution in [2.75, 3.05) is 11.4 Å². The molecule has 0 aliphatic carbocycles. The van der Waals surface area contributed by atoms with Crippen LogP contribution in [0.15, 0.2) is 72.8 Å². The number of hydrogen-bond acceptors (Lipinski definition) is 3. The van der Waals surface area contributed by atoms with E-state index in [0.29, 0.717) is 24.2 Å². The van der Waals surface area contributed by atoms with Crippen molar-refractivity contribution < 1.29 is 18.8 Å². The normalized spacial score (nSPS) is 18.9. The number of nitrogens with zero attached hydrogens (tertiary/aromatic N) is 2. The van der Waals surface area contributed by atoms with Crippen LogP contribution in [-0.2, 0) is 23.3 Å². The SMILES string of the molecule is CC12C(=O)N(c3ccc(C(=O)NCc4ccc(F)cc4)cc3)C(=O)N1CCc1c2[nH]c2ccccc12. The summed E-state index contributed by atoms with van der Waals surface area (Å²) in [6, 6.07) is 19.8. The van der Waals surface area contributed by atoms with Crippen molar-refractivity contribution in [3.8, 4) is 0 Å². The quantitative estimate of drug-likeness (QED) is 0.421. The van der Waals surface area contributed by atoms with Gasteiger partial charge in [-0.25, -0.2) is 14.1 Å². The molecule has 6 rings (SSSR count). The van der Waals surface area contributed by atoms with E-state index in [1.54, 1.807) is 48.2 Å². The lowest BCUT2D eigenvalue weighted by molar-refractivity contribution is -0.125. The molecular formula is C28H23FN4O3. The summed E-state index contributed by atoms with van der Waals surface area (Å²) in [6.45, 7) is 2.48. The summed E-state index contributed by atoms with van der Waals surface area (Å²) >= 11 is 0. The number of para-hydroxylation sites is 1. The van der Waals surface area contributed by atoms with Crippen LogP contribution in [0.5, 0.6) is 0 Å². The van der Waals surface area contributed by atoms with Gasteiger partial charge in [-0.1, -0.05) is 30.3 Å². The van der Waals surface area contributed by atoms with Crippen molar-refractivity contribution >= 4 is 34.4 Å². The molecule has 2 aliphatic heterocycles. The fourth-order valence-corrected chi connectivity index (χ4v) is 5.27. The molecule has 0 spiro atoms. The summed E-state index contributed by atoms with van der Waals surface area (Å²) in [5.41, 5.74) is 3.22. The number of hydrogen-bond donors (Lipinski definition) is 2. The maximum atomic E-state index is 13.8. The van der Waals surface area contributed by atoms with Crippen molar-refractivity contribution in [3.05, 3.63) is 101 Å². The average molecular weight is 483 g/mol. The zero-order chi connectivity index (χ0) is 25.0. The Morgan fingerprint density at radius 1 is 1.03 bits per heavy atom. The molecule has 3 aromatic carbocycles. The standard InChI is InChI=1S/C28H23FN4O3/c1-28-24-22(21-4-2-3-5-23(21)31-24)14-15-32(28)27(36)33(26(28)35)20-12-8-18(9-13-20)25(34)30-16-17-6-10-19(29)11-7-17/h2-13,31H,14-16H2,1H3,(H,30,34). The lowest BCUT2D eigenvalue weighted by atomic mass is 9.87. The van der Waals surface area contributed by atoms with Gasteiger partial charge >= 0.3 is 6.03 Å². The number of H-pyrrole nitrogens is 1. The molecule has 0 bridgehead atoms. The maximum Gasteiger partial charge on any atom is 0.332 e. The monoisotopic (exact) mass is 482 g/mol. The van der Waals surface area contributed by atoms with Crippen LogP contribution < -0.4 is 10.2 Å². The van der Waals surface area contributed by atoms with Gasteiger partial charge in [-0.2, -0.15) is 0 Å². The van der Waals surface area contributed by atoms with Gasteiger partial charge < -0.3 is 15.2 Å². The number of rotatable bonds is 4. The van der Waals surface area contributed by atoms with Gasteiger partial charge in [-0.05, 0) is 66.9 Å². The Morgan fingerprint density at radius 3 is 2.50 bits per heavy atom. The second-order valence-electron chi connectivity index (χ2n) is 9.28. The largest absolute Gasteiger partial charge is 0.356 e. The molecule has 3 heterocycles. The van der Waals surface area contributed by atoms with Crippen LogP contribution in [0, 0.1) is 5.82 Å². The van der Waals surface area contributed by atoms with Crippen LogP contribution in [0.2, 0.25) is 0 Å². The fourth-order valence-electron chi connectivity index (χ4n) is 5.27. The zero-order valence-electron chi connectivity index (χ0n) is 19.5. The second kappa shape index (κ2) is 8.05. The van der Waals surface area contributed by atoms with E-state index in [1.165, 1.54) is 17.0 Å². The topological polar surface area (TPSA) is 85.5 Å². The molecule has 4 amide bonds. The highest BCUT2D eigenvalue weighted by molar-refractivity contribution is 6.23.